The number of nitrogens with zero attached hydrogens (tertiary/aromatic N) is 3. The number of anilines is 1. The fourth-order valence-electron chi connectivity index (χ4n) is 2.62. The Morgan fingerprint density at radius 3 is 2.61 bits per heavy atom. The van der Waals surface area contributed by atoms with Crippen LogP contribution < -0.4 is 5.32 Å². The number of carbonyl (C=O) groups excluding carboxylic acids is 2. The van der Waals surface area contributed by atoms with E-state index in [9.17, 15) is 9.59 Å². The van der Waals surface area contributed by atoms with Gasteiger partial charge in [-0.25, -0.2) is 4.79 Å². The van der Waals surface area contributed by atoms with Gasteiger partial charge < -0.3 is 10.1 Å². The Balaban J connectivity index is 1.64. The van der Waals surface area contributed by atoms with Gasteiger partial charge in [0.1, 0.15) is 0 Å². The molecule has 1 N–H and O–H groups in total. The number of aryl methyl sites for hydroxylation is 3. The molecule has 7 nitrogen and oxygen atoms in total. The minimum Gasteiger partial charge on any atom is -0.451 e. The molecule has 1 aromatic heterocycles. The van der Waals surface area contributed by atoms with Gasteiger partial charge in [-0.1, -0.05) is 35.4 Å². The van der Waals surface area contributed by atoms with Gasteiger partial charge in [0, 0.05) is 10.7 Å². The minimum absolute atomic E-state index is 0.0410. The highest BCUT2D eigenvalue weighted by Gasteiger charge is 2.19. The second kappa shape index (κ2) is 8.22. The molecule has 0 saturated carbocycles. The third-order valence-electron chi connectivity index (χ3n) is 4.00. The van der Waals surface area contributed by atoms with Crippen molar-refractivity contribution in [3.63, 3.8) is 0 Å². The molecular formula is C20H19ClN4O3. The monoisotopic (exact) mass is 398 g/mol. The van der Waals surface area contributed by atoms with Crippen LogP contribution in [-0.2, 0) is 9.53 Å². The molecule has 2 aromatic carbocycles. The molecule has 3 aromatic rings. The van der Waals surface area contributed by atoms with Crippen molar-refractivity contribution in [2.24, 2.45) is 0 Å². The number of hydrogen-bond donors (Lipinski definition) is 1. The molecule has 0 aliphatic heterocycles. The lowest BCUT2D eigenvalue weighted by Gasteiger charge is -2.09. The smallest absolute Gasteiger partial charge is 0.361 e. The topological polar surface area (TPSA) is 86.1 Å². The van der Waals surface area contributed by atoms with E-state index in [4.69, 9.17) is 16.3 Å². The Kier molecular flexibility index (Phi) is 5.75. The van der Waals surface area contributed by atoms with Crippen LogP contribution >= 0.6 is 11.6 Å². The van der Waals surface area contributed by atoms with Crippen molar-refractivity contribution in [3.8, 4) is 5.69 Å². The number of amides is 1. The van der Waals surface area contributed by atoms with E-state index in [-0.39, 0.29) is 5.69 Å². The number of nitrogens with one attached hydrogen (secondary N) is 1. The standard InChI is InChI=1S/C20H19ClN4O3/c1-12-7-8-17(13(2)9-12)22-18(26)11-28-20(27)19-14(3)23-25(24-19)16-6-4-5-15(21)10-16/h4-10H,11H2,1-3H3,(H,22,26). The van der Waals surface area contributed by atoms with Crippen molar-refractivity contribution < 1.29 is 14.3 Å². The number of carbonyl (C=O) groups is 2. The van der Waals surface area contributed by atoms with E-state index in [1.807, 2.05) is 32.0 Å². The first-order chi connectivity index (χ1) is 13.3. The summed E-state index contributed by atoms with van der Waals surface area (Å²) < 4.78 is 5.09. The van der Waals surface area contributed by atoms with Crippen LogP contribution in [0.4, 0.5) is 5.69 Å². The zero-order chi connectivity index (χ0) is 20.3. The average molecular weight is 399 g/mol. The van der Waals surface area contributed by atoms with Crippen LogP contribution in [0.15, 0.2) is 42.5 Å². The molecule has 0 atom stereocenters. The molecule has 144 valence electrons. The first kappa shape index (κ1) is 19.6. The van der Waals surface area contributed by atoms with Crippen LogP contribution in [0.3, 0.4) is 0 Å². The number of ether oxygens (including phenoxy) is 1. The van der Waals surface area contributed by atoms with Crippen LogP contribution in [0.25, 0.3) is 5.69 Å². The zero-order valence-electron chi connectivity index (χ0n) is 15.7. The summed E-state index contributed by atoms with van der Waals surface area (Å²) >= 11 is 5.97. The summed E-state index contributed by atoms with van der Waals surface area (Å²) in [6.45, 7) is 5.08. The predicted molar refractivity (Wildman–Crippen MR) is 106 cm³/mol. The van der Waals surface area contributed by atoms with Gasteiger partial charge in [0.05, 0.1) is 11.4 Å². The molecule has 0 saturated heterocycles. The maximum absolute atomic E-state index is 12.3. The van der Waals surface area contributed by atoms with Crippen molar-refractivity contribution >= 4 is 29.2 Å². The number of halogens is 1. The summed E-state index contributed by atoms with van der Waals surface area (Å²) in [7, 11) is 0. The maximum Gasteiger partial charge on any atom is 0.361 e. The number of hydrogen-bond acceptors (Lipinski definition) is 5. The average Bonchev–Trinajstić information content (AvgIpc) is 3.04. The van der Waals surface area contributed by atoms with Crippen molar-refractivity contribution in [1.82, 2.24) is 15.0 Å². The minimum atomic E-state index is -0.721. The van der Waals surface area contributed by atoms with Crippen LogP contribution in [0.1, 0.15) is 27.3 Å². The second-order valence-corrected chi connectivity index (χ2v) is 6.78. The van der Waals surface area contributed by atoms with Gasteiger partial charge in [-0.2, -0.15) is 9.90 Å². The largest absolute Gasteiger partial charge is 0.451 e. The lowest BCUT2D eigenvalue weighted by atomic mass is 10.1. The normalized spacial score (nSPS) is 10.6. The van der Waals surface area contributed by atoms with Crippen LogP contribution in [0.5, 0.6) is 0 Å². The Hall–Kier alpha value is -3.19. The van der Waals surface area contributed by atoms with E-state index in [1.165, 1.54) is 4.80 Å². The highest BCUT2D eigenvalue weighted by atomic mass is 35.5. The molecule has 3 rings (SSSR count). The Morgan fingerprint density at radius 1 is 1.11 bits per heavy atom. The van der Waals surface area contributed by atoms with E-state index in [0.717, 1.165) is 11.1 Å². The molecule has 0 fully saturated rings. The molecule has 8 heteroatoms. The lowest BCUT2D eigenvalue weighted by Crippen LogP contribution is -2.22. The third kappa shape index (κ3) is 4.55. The van der Waals surface area contributed by atoms with Gasteiger partial charge in [0.15, 0.2) is 12.3 Å². The van der Waals surface area contributed by atoms with Gasteiger partial charge in [-0.15, -0.1) is 5.10 Å². The Labute approximate surface area is 167 Å². The number of benzene rings is 2. The van der Waals surface area contributed by atoms with E-state index < -0.39 is 18.5 Å². The van der Waals surface area contributed by atoms with Gasteiger partial charge in [-0.05, 0) is 50.6 Å². The molecule has 0 aliphatic carbocycles. The van der Waals surface area contributed by atoms with Crippen molar-refractivity contribution in [1.29, 1.82) is 0 Å². The molecule has 0 unspecified atom stereocenters. The van der Waals surface area contributed by atoms with E-state index in [1.54, 1.807) is 31.2 Å². The fraction of sp³-hybridized carbons (Fsp3) is 0.200. The van der Waals surface area contributed by atoms with Crippen LogP contribution in [0.2, 0.25) is 5.02 Å². The summed E-state index contributed by atoms with van der Waals surface area (Å²) in [5.74, 6) is -1.15. The molecule has 0 spiro atoms. The van der Waals surface area contributed by atoms with Gasteiger partial charge in [0.25, 0.3) is 5.91 Å². The third-order valence-corrected chi connectivity index (χ3v) is 4.24. The summed E-state index contributed by atoms with van der Waals surface area (Å²) in [4.78, 5) is 25.7. The number of rotatable bonds is 5. The molecule has 1 heterocycles. The Morgan fingerprint density at radius 2 is 1.89 bits per heavy atom. The molecule has 0 bridgehead atoms. The molecular weight excluding hydrogens is 380 g/mol. The highest BCUT2D eigenvalue weighted by molar-refractivity contribution is 6.30. The zero-order valence-corrected chi connectivity index (χ0v) is 16.4. The summed E-state index contributed by atoms with van der Waals surface area (Å²) in [6, 6.07) is 12.6. The fourth-order valence-corrected chi connectivity index (χ4v) is 2.81. The lowest BCUT2D eigenvalue weighted by molar-refractivity contribution is -0.119. The highest BCUT2D eigenvalue weighted by Crippen LogP contribution is 2.16. The van der Waals surface area contributed by atoms with E-state index in [2.05, 4.69) is 15.5 Å². The predicted octanol–water partition coefficient (Wildman–Crippen LogP) is 3.64. The summed E-state index contributed by atoms with van der Waals surface area (Å²) in [5.41, 5.74) is 3.75. The summed E-state index contributed by atoms with van der Waals surface area (Å²) in [5, 5.41) is 11.6. The SMILES string of the molecule is Cc1ccc(NC(=O)COC(=O)c2nn(-c3cccc(Cl)c3)nc2C)c(C)c1. The number of esters is 1. The van der Waals surface area contributed by atoms with Crippen LogP contribution in [-0.4, -0.2) is 33.5 Å². The van der Waals surface area contributed by atoms with E-state index >= 15 is 0 Å². The van der Waals surface area contributed by atoms with E-state index in [0.29, 0.717) is 22.1 Å². The number of aromatic nitrogens is 3. The maximum atomic E-state index is 12.3. The van der Waals surface area contributed by atoms with Gasteiger partial charge in [0.2, 0.25) is 0 Å². The molecule has 0 radical (unpaired) electrons. The van der Waals surface area contributed by atoms with Crippen molar-refractivity contribution in [2.45, 2.75) is 20.8 Å². The first-order valence-corrected chi connectivity index (χ1v) is 8.95. The first-order valence-electron chi connectivity index (χ1n) is 8.57. The van der Waals surface area contributed by atoms with Gasteiger partial charge in [-0.3, -0.25) is 4.79 Å². The second-order valence-electron chi connectivity index (χ2n) is 6.35. The molecule has 1 amide bonds. The molecule has 0 aliphatic rings. The van der Waals surface area contributed by atoms with Gasteiger partial charge >= 0.3 is 5.97 Å². The Bertz CT molecular complexity index is 1050. The quantitative estimate of drug-likeness (QED) is 0.663. The van der Waals surface area contributed by atoms with Crippen molar-refractivity contribution in [2.75, 3.05) is 11.9 Å². The molecule has 28 heavy (non-hydrogen) atoms. The van der Waals surface area contributed by atoms with Crippen molar-refractivity contribution in [3.05, 3.63) is 70.0 Å². The summed E-state index contributed by atoms with van der Waals surface area (Å²) in [6.07, 6.45) is 0. The van der Waals surface area contributed by atoms with Crippen LogP contribution in [0, 0.1) is 20.8 Å².